The van der Waals surface area contributed by atoms with E-state index in [0.717, 1.165) is 10.9 Å². The minimum atomic E-state index is -1.93. The molecule has 0 amide bonds. The van der Waals surface area contributed by atoms with Crippen molar-refractivity contribution in [3.63, 3.8) is 0 Å². The van der Waals surface area contributed by atoms with E-state index in [1.807, 2.05) is 24.3 Å². The lowest BCUT2D eigenvalue weighted by Gasteiger charge is -2.45. The second kappa shape index (κ2) is 5.53. The molecule has 5 atom stereocenters. The van der Waals surface area contributed by atoms with Crippen LogP contribution in [0.1, 0.15) is 6.92 Å². The van der Waals surface area contributed by atoms with E-state index < -0.39 is 36.8 Å². The molecule has 5 N–H and O–H groups in total. The van der Waals surface area contributed by atoms with Crippen LogP contribution in [0.25, 0.3) is 10.9 Å². The lowest BCUT2D eigenvalue weighted by atomic mass is 9.93. The van der Waals surface area contributed by atoms with E-state index in [1.54, 1.807) is 6.07 Å². The van der Waals surface area contributed by atoms with Crippen LogP contribution in [0.2, 0.25) is 0 Å². The maximum atomic E-state index is 10.2. The van der Waals surface area contributed by atoms with Gasteiger partial charge in [0, 0.05) is 17.0 Å². The van der Waals surface area contributed by atoms with Gasteiger partial charge in [-0.05, 0) is 13.0 Å². The molecule has 1 aliphatic heterocycles. The number of aromatic amines is 1. The van der Waals surface area contributed by atoms with Gasteiger partial charge in [0.15, 0.2) is 17.8 Å². The first-order valence-corrected chi connectivity index (χ1v) is 7.04. The third-order valence-electron chi connectivity index (χ3n) is 3.92. The Morgan fingerprint density at radius 3 is 2.73 bits per heavy atom. The van der Waals surface area contributed by atoms with Crippen LogP contribution in [-0.4, -0.2) is 62.2 Å². The van der Waals surface area contributed by atoms with E-state index >= 15 is 0 Å². The van der Waals surface area contributed by atoms with Gasteiger partial charge in [0.1, 0.15) is 18.3 Å². The predicted octanol–water partition coefficient (Wildman–Crippen LogP) is -0.263. The Hall–Kier alpha value is -1.64. The number of hydrogen-bond donors (Lipinski definition) is 5. The average Bonchev–Trinajstić information content (AvgIpc) is 2.90. The molecule has 22 heavy (non-hydrogen) atoms. The Bertz CT molecular complexity index is 621. The summed E-state index contributed by atoms with van der Waals surface area (Å²) >= 11 is 0. The molecule has 1 saturated heterocycles. The first-order chi connectivity index (χ1) is 10.4. The second-order valence-electron chi connectivity index (χ2n) is 5.63. The van der Waals surface area contributed by atoms with E-state index in [1.165, 1.54) is 6.92 Å². The summed E-state index contributed by atoms with van der Waals surface area (Å²) in [4.78, 5) is 3.01. The van der Waals surface area contributed by atoms with Crippen LogP contribution >= 0.6 is 0 Å². The van der Waals surface area contributed by atoms with Crippen LogP contribution in [0.5, 0.6) is 5.88 Å². The molecule has 1 fully saturated rings. The van der Waals surface area contributed by atoms with E-state index in [9.17, 15) is 20.4 Å². The number of aliphatic hydroxyl groups is 4. The van der Waals surface area contributed by atoms with Crippen molar-refractivity contribution in [3.05, 3.63) is 30.3 Å². The summed E-state index contributed by atoms with van der Waals surface area (Å²) in [5.74, 6) is -1.58. The fourth-order valence-electron chi connectivity index (χ4n) is 2.69. The van der Waals surface area contributed by atoms with E-state index in [4.69, 9.17) is 9.47 Å². The van der Waals surface area contributed by atoms with Gasteiger partial charge in [0.05, 0.1) is 6.61 Å². The summed E-state index contributed by atoms with van der Waals surface area (Å²) in [6.07, 6.45) is -4.95. The summed E-state index contributed by atoms with van der Waals surface area (Å²) in [6, 6.07) is 9.23. The van der Waals surface area contributed by atoms with Gasteiger partial charge in [-0.2, -0.15) is 0 Å². The molecule has 0 bridgehead atoms. The monoisotopic (exact) mass is 309 g/mol. The molecule has 0 radical (unpaired) electrons. The third kappa shape index (κ3) is 2.57. The fourth-order valence-corrected chi connectivity index (χ4v) is 2.69. The summed E-state index contributed by atoms with van der Waals surface area (Å²) in [5, 5.41) is 40.6. The van der Waals surface area contributed by atoms with E-state index in [-0.39, 0.29) is 0 Å². The molecule has 0 saturated carbocycles. The Morgan fingerprint density at radius 2 is 2.05 bits per heavy atom. The standard InChI is InChI=1S/C15H19NO6/c1-15(20)14(19)13(12(18)10(7-17)22-15)21-11-6-8-4-2-3-5-9(8)16-11/h2-6,10,12-14,16-20H,7H2,1H3/t10-,12+,13+,14-,15-/m1/s1. The normalized spacial score (nSPS) is 35.7. The molecule has 7 heteroatoms. The highest BCUT2D eigenvalue weighted by molar-refractivity contribution is 5.81. The molecule has 120 valence electrons. The first kappa shape index (κ1) is 15.3. The molecule has 0 spiro atoms. The van der Waals surface area contributed by atoms with Crippen molar-refractivity contribution in [2.75, 3.05) is 6.61 Å². The van der Waals surface area contributed by atoms with Gasteiger partial charge in [-0.15, -0.1) is 0 Å². The number of ether oxygens (including phenoxy) is 2. The number of aliphatic hydroxyl groups excluding tert-OH is 3. The van der Waals surface area contributed by atoms with Crippen LogP contribution < -0.4 is 4.74 Å². The van der Waals surface area contributed by atoms with Crippen molar-refractivity contribution in [1.29, 1.82) is 0 Å². The number of hydrogen-bond acceptors (Lipinski definition) is 6. The molecule has 2 heterocycles. The second-order valence-corrected chi connectivity index (χ2v) is 5.63. The Morgan fingerprint density at radius 1 is 1.32 bits per heavy atom. The summed E-state index contributed by atoms with van der Waals surface area (Å²) < 4.78 is 10.7. The number of rotatable bonds is 3. The largest absolute Gasteiger partial charge is 0.470 e. The van der Waals surface area contributed by atoms with Crippen LogP contribution in [0.15, 0.2) is 30.3 Å². The van der Waals surface area contributed by atoms with Crippen LogP contribution in [0, 0.1) is 0 Å². The lowest BCUT2D eigenvalue weighted by molar-refractivity contribution is -0.337. The van der Waals surface area contributed by atoms with Crippen molar-refractivity contribution in [1.82, 2.24) is 4.98 Å². The van der Waals surface area contributed by atoms with Crippen LogP contribution in [0.3, 0.4) is 0 Å². The third-order valence-corrected chi connectivity index (χ3v) is 3.92. The minimum Gasteiger partial charge on any atom is -0.470 e. The molecular formula is C15H19NO6. The minimum absolute atomic E-state index is 0.346. The number of nitrogens with one attached hydrogen (secondary N) is 1. The van der Waals surface area contributed by atoms with Gasteiger partial charge < -0.3 is 34.9 Å². The average molecular weight is 309 g/mol. The Balaban J connectivity index is 1.87. The number of benzene rings is 1. The number of para-hydroxylation sites is 1. The molecule has 3 rings (SSSR count). The maximum Gasteiger partial charge on any atom is 0.193 e. The van der Waals surface area contributed by atoms with Crippen molar-refractivity contribution < 1.29 is 29.9 Å². The molecular weight excluding hydrogens is 290 g/mol. The number of aromatic nitrogens is 1. The zero-order valence-electron chi connectivity index (χ0n) is 12.0. The molecule has 2 aromatic rings. The van der Waals surface area contributed by atoms with Gasteiger partial charge in [-0.25, -0.2) is 0 Å². The van der Waals surface area contributed by atoms with E-state index in [2.05, 4.69) is 4.98 Å². The molecule has 0 aliphatic carbocycles. The highest BCUT2D eigenvalue weighted by Gasteiger charge is 2.51. The SMILES string of the molecule is C[C@@]1(O)O[C@H](CO)[C@H](O)[C@H](Oc2cc3ccccc3[nH]2)[C@H]1O. The Labute approximate surface area is 126 Å². The first-order valence-electron chi connectivity index (χ1n) is 7.04. The highest BCUT2D eigenvalue weighted by Crippen LogP contribution is 2.31. The van der Waals surface area contributed by atoms with Crippen LogP contribution in [-0.2, 0) is 4.74 Å². The van der Waals surface area contributed by atoms with Crippen molar-refractivity contribution in [3.8, 4) is 5.88 Å². The van der Waals surface area contributed by atoms with Gasteiger partial charge in [0.25, 0.3) is 0 Å². The summed E-state index contributed by atoms with van der Waals surface area (Å²) in [5.41, 5.74) is 0.846. The molecule has 1 aromatic heterocycles. The molecule has 1 aliphatic rings. The van der Waals surface area contributed by atoms with Gasteiger partial charge in [-0.3, -0.25) is 0 Å². The fraction of sp³-hybridized carbons (Fsp3) is 0.467. The summed E-state index contributed by atoms with van der Waals surface area (Å²) in [6.45, 7) is 0.754. The van der Waals surface area contributed by atoms with Crippen molar-refractivity contribution in [2.45, 2.75) is 37.1 Å². The maximum absolute atomic E-state index is 10.2. The highest BCUT2D eigenvalue weighted by atomic mass is 16.7. The van der Waals surface area contributed by atoms with Gasteiger partial charge >= 0.3 is 0 Å². The van der Waals surface area contributed by atoms with Crippen molar-refractivity contribution >= 4 is 10.9 Å². The van der Waals surface area contributed by atoms with Crippen molar-refractivity contribution in [2.24, 2.45) is 0 Å². The van der Waals surface area contributed by atoms with E-state index in [0.29, 0.717) is 5.88 Å². The number of fused-ring (bicyclic) bond motifs is 1. The molecule has 0 unspecified atom stereocenters. The summed E-state index contributed by atoms with van der Waals surface area (Å²) in [7, 11) is 0. The molecule has 1 aromatic carbocycles. The predicted molar refractivity (Wildman–Crippen MR) is 77.3 cm³/mol. The van der Waals surface area contributed by atoms with Crippen LogP contribution in [0.4, 0.5) is 0 Å². The zero-order valence-corrected chi connectivity index (χ0v) is 12.0. The quantitative estimate of drug-likeness (QED) is 0.533. The smallest absolute Gasteiger partial charge is 0.193 e. The zero-order chi connectivity index (χ0) is 15.9. The Kier molecular flexibility index (Phi) is 3.84. The van der Waals surface area contributed by atoms with Gasteiger partial charge in [0.2, 0.25) is 0 Å². The lowest BCUT2D eigenvalue weighted by Crippen LogP contribution is -2.65. The molecule has 7 nitrogen and oxygen atoms in total. The van der Waals surface area contributed by atoms with Gasteiger partial charge in [-0.1, -0.05) is 18.2 Å². The topological polar surface area (TPSA) is 115 Å². The number of H-pyrrole nitrogens is 1.